The Morgan fingerprint density at radius 2 is 1.88 bits per heavy atom. The van der Waals surface area contributed by atoms with Crippen molar-refractivity contribution < 1.29 is 24.6 Å². The zero-order valence-electron chi connectivity index (χ0n) is 16.8. The predicted molar refractivity (Wildman–Crippen MR) is 116 cm³/mol. The van der Waals surface area contributed by atoms with Crippen LogP contribution in [0.1, 0.15) is 6.42 Å². The van der Waals surface area contributed by atoms with E-state index in [1.54, 1.807) is 24.5 Å². The Balaban J connectivity index is 1.35. The fourth-order valence-corrected chi connectivity index (χ4v) is 5.74. The number of phenols is 1. The van der Waals surface area contributed by atoms with Crippen molar-refractivity contribution in [1.82, 2.24) is 14.8 Å². The number of benzene rings is 1. The maximum absolute atomic E-state index is 13.0. The first kappa shape index (κ1) is 20.4. The molecule has 3 aliphatic rings. The maximum atomic E-state index is 13.0. The van der Waals surface area contributed by atoms with E-state index in [4.69, 9.17) is 0 Å². The molecular weight excluding hydrogens is 432 g/mol. The van der Waals surface area contributed by atoms with Crippen LogP contribution in [-0.4, -0.2) is 67.3 Å². The maximum Gasteiger partial charge on any atom is 0.352 e. The molecule has 32 heavy (non-hydrogen) atoms. The Labute approximate surface area is 187 Å². The van der Waals surface area contributed by atoms with Gasteiger partial charge in [-0.2, -0.15) is 0 Å². The van der Waals surface area contributed by atoms with Gasteiger partial charge in [-0.3, -0.25) is 14.7 Å². The van der Waals surface area contributed by atoms with E-state index in [-0.39, 0.29) is 29.3 Å². The number of carboxylic acids is 1. The molecule has 1 aromatic heterocycles. The number of anilines is 1. The molecule has 2 aromatic rings. The van der Waals surface area contributed by atoms with Crippen molar-refractivity contribution in [2.24, 2.45) is 5.92 Å². The van der Waals surface area contributed by atoms with Gasteiger partial charge < -0.3 is 20.4 Å². The quantitative estimate of drug-likeness (QED) is 0.362. The second kappa shape index (κ2) is 7.86. The van der Waals surface area contributed by atoms with Gasteiger partial charge in [0.2, 0.25) is 0 Å². The highest BCUT2D eigenvalue weighted by Gasteiger charge is 2.64. The number of hydrogen-bond donors (Lipinski definition) is 3. The lowest BCUT2D eigenvalue weighted by Gasteiger charge is -2.53. The number of thioether (sulfide) groups is 1. The Morgan fingerprint density at radius 1 is 1.16 bits per heavy atom. The van der Waals surface area contributed by atoms with Crippen LogP contribution in [-0.2, 0) is 9.59 Å². The number of carbonyl (C=O) groups is 3. The van der Waals surface area contributed by atoms with E-state index in [1.165, 1.54) is 33.7 Å². The predicted octanol–water partition coefficient (Wildman–Crippen LogP) is 2.37. The molecule has 0 spiro atoms. The van der Waals surface area contributed by atoms with Gasteiger partial charge in [0.25, 0.3) is 5.91 Å². The Bertz CT molecular complexity index is 1120. The summed E-state index contributed by atoms with van der Waals surface area (Å²) in [6.45, 7) is 0.353. The zero-order chi connectivity index (χ0) is 22.4. The van der Waals surface area contributed by atoms with E-state index >= 15 is 0 Å². The SMILES string of the molecule is O=C(O)C1=C(CSc2ccncc2)C2CCN(C(=O)Nc3ccc(O)cc3)[C@@H]3C(=O)N1[C@H]23. The molecule has 3 N–H and O–H groups in total. The number of aromatic hydroxyl groups is 1. The van der Waals surface area contributed by atoms with Gasteiger partial charge in [-0.15, -0.1) is 11.8 Å². The molecule has 2 fully saturated rings. The summed E-state index contributed by atoms with van der Waals surface area (Å²) in [5.74, 6) is -1.01. The van der Waals surface area contributed by atoms with Crippen LogP contribution >= 0.6 is 11.8 Å². The molecule has 9 nitrogen and oxygen atoms in total. The number of nitrogens with one attached hydrogen (secondary N) is 1. The number of nitrogens with zero attached hydrogens (tertiary/aromatic N) is 3. The van der Waals surface area contributed by atoms with Gasteiger partial charge in [0, 0.05) is 41.2 Å². The number of hydrogen-bond acceptors (Lipinski definition) is 6. The number of β-lactam (4-membered cyclic amide) rings is 1. The lowest BCUT2D eigenvalue weighted by molar-refractivity contribution is -0.160. The van der Waals surface area contributed by atoms with E-state index in [2.05, 4.69) is 10.3 Å². The number of amides is 3. The standard InChI is InChI=1S/C22H20N4O5S/c27-13-3-1-12(2-4-13)24-22(31)25-10-7-15-16(11-32-14-5-8-23-9-6-14)18(21(29)30)26-17(15)19(25)20(26)28/h1-6,8-9,15,17,19,27H,7,10-11H2,(H,24,31)(H,29,30)/t15?,17-,19+/m1/s1. The van der Waals surface area contributed by atoms with Crippen molar-refractivity contribution in [3.8, 4) is 5.75 Å². The lowest BCUT2D eigenvalue weighted by Crippen LogP contribution is -2.74. The molecule has 3 amide bonds. The van der Waals surface area contributed by atoms with Crippen molar-refractivity contribution >= 4 is 35.4 Å². The Kier molecular flexibility index (Phi) is 5.01. The summed E-state index contributed by atoms with van der Waals surface area (Å²) in [4.78, 5) is 45.7. The smallest absolute Gasteiger partial charge is 0.352 e. The molecule has 1 unspecified atom stereocenters. The van der Waals surface area contributed by atoms with Gasteiger partial charge in [-0.05, 0) is 48.4 Å². The van der Waals surface area contributed by atoms with E-state index in [0.29, 0.717) is 24.4 Å². The fraction of sp³-hybridized carbons (Fsp3) is 0.273. The molecular formula is C22H20N4O5S. The van der Waals surface area contributed by atoms with Crippen LogP contribution in [0, 0.1) is 5.92 Å². The van der Waals surface area contributed by atoms with Gasteiger partial charge in [-0.25, -0.2) is 9.59 Å². The summed E-state index contributed by atoms with van der Waals surface area (Å²) in [6.07, 6.45) is 3.94. The van der Waals surface area contributed by atoms with Crippen molar-refractivity contribution in [2.45, 2.75) is 23.4 Å². The second-order valence-electron chi connectivity index (χ2n) is 7.86. The summed E-state index contributed by atoms with van der Waals surface area (Å²) >= 11 is 1.51. The minimum absolute atomic E-state index is 0.0589. The summed E-state index contributed by atoms with van der Waals surface area (Å²) < 4.78 is 0. The molecule has 4 heterocycles. The van der Waals surface area contributed by atoms with Gasteiger partial charge in [-0.1, -0.05) is 0 Å². The number of aromatic nitrogens is 1. The van der Waals surface area contributed by atoms with E-state index < -0.39 is 18.0 Å². The van der Waals surface area contributed by atoms with Crippen molar-refractivity contribution in [3.63, 3.8) is 0 Å². The number of pyridine rings is 1. The third kappa shape index (κ3) is 3.27. The zero-order valence-corrected chi connectivity index (χ0v) is 17.7. The molecule has 0 saturated carbocycles. The molecule has 0 bridgehead atoms. The van der Waals surface area contributed by atoms with Crippen LogP contribution in [0.25, 0.3) is 0 Å². The first-order chi connectivity index (χ1) is 15.5. The number of rotatable bonds is 5. The average Bonchev–Trinajstić information content (AvgIpc) is 3.12. The third-order valence-electron chi connectivity index (χ3n) is 6.16. The summed E-state index contributed by atoms with van der Waals surface area (Å²) in [7, 11) is 0. The number of carbonyl (C=O) groups excluding carboxylic acids is 2. The van der Waals surface area contributed by atoms with Crippen LogP contribution in [0.5, 0.6) is 5.75 Å². The first-order valence-electron chi connectivity index (χ1n) is 10.1. The van der Waals surface area contributed by atoms with Crippen molar-refractivity contribution in [3.05, 3.63) is 60.1 Å². The Hall–Kier alpha value is -3.53. The lowest BCUT2D eigenvalue weighted by atomic mass is 9.78. The molecule has 1 aromatic carbocycles. The van der Waals surface area contributed by atoms with Crippen LogP contribution in [0.2, 0.25) is 0 Å². The molecule has 2 saturated heterocycles. The topological polar surface area (TPSA) is 123 Å². The highest BCUT2D eigenvalue weighted by molar-refractivity contribution is 7.99. The molecule has 0 aliphatic carbocycles. The Morgan fingerprint density at radius 3 is 2.56 bits per heavy atom. The summed E-state index contributed by atoms with van der Waals surface area (Å²) in [5, 5.41) is 22.0. The van der Waals surface area contributed by atoms with Crippen LogP contribution in [0.15, 0.2) is 65.0 Å². The highest BCUT2D eigenvalue weighted by Crippen LogP contribution is 2.50. The molecule has 164 valence electrons. The van der Waals surface area contributed by atoms with Gasteiger partial charge in [0.05, 0.1) is 6.04 Å². The number of piperidine rings is 1. The van der Waals surface area contributed by atoms with Crippen LogP contribution in [0.4, 0.5) is 10.5 Å². The minimum atomic E-state index is -1.11. The second-order valence-corrected chi connectivity index (χ2v) is 8.91. The third-order valence-corrected chi connectivity index (χ3v) is 7.22. The molecule has 0 radical (unpaired) electrons. The molecule has 3 aliphatic heterocycles. The monoisotopic (exact) mass is 452 g/mol. The first-order valence-corrected chi connectivity index (χ1v) is 11.1. The molecule has 10 heteroatoms. The normalized spacial score (nSPS) is 23.6. The van der Waals surface area contributed by atoms with E-state index in [1.807, 2.05) is 12.1 Å². The number of carboxylic acid groups (broad SMARTS) is 1. The number of likely N-dealkylation sites (tertiary alicyclic amines) is 1. The number of urea groups is 1. The van der Waals surface area contributed by atoms with Gasteiger partial charge >= 0.3 is 12.0 Å². The van der Waals surface area contributed by atoms with Gasteiger partial charge in [0.1, 0.15) is 17.5 Å². The largest absolute Gasteiger partial charge is 0.508 e. The number of phenolic OH excluding ortho intramolecular Hbond substituents is 1. The highest BCUT2D eigenvalue weighted by atomic mass is 32.2. The van der Waals surface area contributed by atoms with E-state index in [9.17, 15) is 24.6 Å². The fourth-order valence-electron chi connectivity index (χ4n) is 4.75. The summed E-state index contributed by atoms with van der Waals surface area (Å²) in [5.41, 5.74) is 1.31. The molecule has 3 atom stereocenters. The van der Waals surface area contributed by atoms with E-state index in [0.717, 1.165) is 10.5 Å². The van der Waals surface area contributed by atoms with Crippen molar-refractivity contribution in [1.29, 1.82) is 0 Å². The minimum Gasteiger partial charge on any atom is -0.508 e. The van der Waals surface area contributed by atoms with Crippen molar-refractivity contribution in [2.75, 3.05) is 17.6 Å². The summed E-state index contributed by atoms with van der Waals surface area (Å²) in [6, 6.07) is 8.36. The number of aliphatic carboxylic acids is 1. The van der Waals surface area contributed by atoms with Crippen LogP contribution < -0.4 is 5.32 Å². The van der Waals surface area contributed by atoms with Gasteiger partial charge in [0.15, 0.2) is 0 Å². The van der Waals surface area contributed by atoms with Crippen LogP contribution in [0.3, 0.4) is 0 Å². The molecule has 5 rings (SSSR count). The average molecular weight is 452 g/mol.